The van der Waals surface area contributed by atoms with E-state index >= 15 is 0 Å². The standard InChI is InChI=1S/C17H13IN2/c18-16-8-4-5-9-17(16)20(14-6-2-1-3-7-14)15-10-12-19-13-11-15/h1-13H/i10D. The Kier molecular flexibility index (Phi) is 3.60. The quantitative estimate of drug-likeness (QED) is 0.590. The first-order chi connectivity index (χ1) is 10.3. The largest absolute Gasteiger partial charge is 0.309 e. The molecule has 0 unspecified atom stereocenters. The molecule has 2 nitrogen and oxygen atoms in total. The van der Waals surface area contributed by atoms with Crippen LogP contribution in [-0.2, 0) is 0 Å². The smallest absolute Gasteiger partial charge is 0.0661 e. The lowest BCUT2D eigenvalue weighted by atomic mass is 10.2. The number of benzene rings is 2. The van der Waals surface area contributed by atoms with E-state index in [1.807, 2.05) is 48.5 Å². The van der Waals surface area contributed by atoms with Crippen molar-refractivity contribution in [3.05, 3.63) is 82.7 Å². The van der Waals surface area contributed by atoms with Crippen LogP contribution in [0.25, 0.3) is 0 Å². The highest BCUT2D eigenvalue weighted by molar-refractivity contribution is 14.1. The number of anilines is 3. The van der Waals surface area contributed by atoms with E-state index < -0.39 is 0 Å². The molecule has 0 atom stereocenters. The van der Waals surface area contributed by atoms with Gasteiger partial charge >= 0.3 is 0 Å². The summed E-state index contributed by atoms with van der Waals surface area (Å²) >= 11 is 2.32. The lowest BCUT2D eigenvalue weighted by Crippen LogP contribution is -2.11. The molecule has 98 valence electrons. The van der Waals surface area contributed by atoms with Crippen LogP contribution in [-0.4, -0.2) is 4.98 Å². The molecule has 20 heavy (non-hydrogen) atoms. The third-order valence-electron chi connectivity index (χ3n) is 2.95. The fourth-order valence-corrected chi connectivity index (χ4v) is 2.69. The van der Waals surface area contributed by atoms with Crippen molar-refractivity contribution in [3.8, 4) is 0 Å². The van der Waals surface area contributed by atoms with Crippen molar-refractivity contribution in [2.75, 3.05) is 4.90 Å². The SMILES string of the molecule is [2H]c1cnccc1N(c1ccccc1)c1ccccc1I. The van der Waals surface area contributed by atoms with Crippen molar-refractivity contribution < 1.29 is 1.37 Å². The maximum atomic E-state index is 8.16. The summed E-state index contributed by atoms with van der Waals surface area (Å²) in [6, 6.07) is 20.5. The molecule has 0 bridgehead atoms. The predicted molar refractivity (Wildman–Crippen MR) is 91.6 cm³/mol. The normalized spacial score (nSPS) is 10.9. The van der Waals surface area contributed by atoms with E-state index in [0.717, 1.165) is 20.6 Å². The van der Waals surface area contributed by atoms with E-state index in [2.05, 4.69) is 44.6 Å². The first-order valence-electron chi connectivity index (χ1n) is 6.77. The number of aromatic nitrogens is 1. The molecule has 1 aromatic heterocycles. The molecular weight excluding hydrogens is 359 g/mol. The fraction of sp³-hybridized carbons (Fsp3) is 0. The Morgan fingerprint density at radius 3 is 2.35 bits per heavy atom. The topological polar surface area (TPSA) is 16.1 Å². The summed E-state index contributed by atoms with van der Waals surface area (Å²) in [5, 5.41) is 0. The van der Waals surface area contributed by atoms with E-state index in [0.29, 0.717) is 6.04 Å². The van der Waals surface area contributed by atoms with Gasteiger partial charge in [0.05, 0.1) is 7.06 Å². The van der Waals surface area contributed by atoms with Crippen LogP contribution in [0.15, 0.2) is 79.1 Å². The Labute approximate surface area is 133 Å². The van der Waals surface area contributed by atoms with Crippen molar-refractivity contribution in [2.24, 2.45) is 0 Å². The molecule has 0 aliphatic heterocycles. The first kappa shape index (κ1) is 11.9. The zero-order chi connectivity index (χ0) is 14.7. The molecule has 0 radical (unpaired) electrons. The molecule has 3 rings (SSSR count). The van der Waals surface area contributed by atoms with Gasteiger partial charge in [-0.3, -0.25) is 4.98 Å². The number of hydrogen-bond donors (Lipinski definition) is 0. The summed E-state index contributed by atoms with van der Waals surface area (Å²) in [5.74, 6) is 0. The molecule has 3 aromatic rings. The van der Waals surface area contributed by atoms with Crippen molar-refractivity contribution in [3.63, 3.8) is 0 Å². The average molecular weight is 373 g/mol. The van der Waals surface area contributed by atoms with Gasteiger partial charge in [-0.15, -0.1) is 0 Å². The summed E-state index contributed by atoms with van der Waals surface area (Å²) < 4.78 is 9.30. The van der Waals surface area contributed by atoms with Crippen LogP contribution in [0.4, 0.5) is 17.1 Å². The van der Waals surface area contributed by atoms with Crippen molar-refractivity contribution in [1.29, 1.82) is 0 Å². The molecule has 1 heterocycles. The highest BCUT2D eigenvalue weighted by atomic mass is 127. The number of para-hydroxylation sites is 2. The zero-order valence-corrected chi connectivity index (χ0v) is 12.9. The fourth-order valence-electron chi connectivity index (χ4n) is 2.07. The van der Waals surface area contributed by atoms with Gasteiger partial charge in [-0.25, -0.2) is 0 Å². The van der Waals surface area contributed by atoms with Gasteiger partial charge in [-0.05, 0) is 59.0 Å². The molecule has 0 amide bonds. The Morgan fingerprint density at radius 2 is 1.60 bits per heavy atom. The van der Waals surface area contributed by atoms with Gasteiger partial charge < -0.3 is 4.90 Å². The Hall–Kier alpha value is -1.88. The van der Waals surface area contributed by atoms with Crippen LogP contribution >= 0.6 is 22.6 Å². The summed E-state index contributed by atoms with van der Waals surface area (Å²) in [7, 11) is 0. The summed E-state index contributed by atoms with van der Waals surface area (Å²) in [5.41, 5.74) is 2.91. The Morgan fingerprint density at radius 1 is 0.850 bits per heavy atom. The van der Waals surface area contributed by atoms with E-state index in [1.54, 1.807) is 12.4 Å². The molecule has 0 fully saturated rings. The molecule has 0 aliphatic carbocycles. The summed E-state index contributed by atoms with van der Waals surface area (Å²) in [6.45, 7) is 0. The summed E-state index contributed by atoms with van der Waals surface area (Å²) in [4.78, 5) is 6.11. The average Bonchev–Trinajstić information content (AvgIpc) is 2.52. The highest BCUT2D eigenvalue weighted by Crippen LogP contribution is 2.36. The number of nitrogens with zero attached hydrogens (tertiary/aromatic N) is 2. The van der Waals surface area contributed by atoms with E-state index in [9.17, 15) is 0 Å². The second kappa shape index (κ2) is 6.05. The van der Waals surface area contributed by atoms with Gasteiger partial charge in [0.25, 0.3) is 0 Å². The monoisotopic (exact) mass is 373 g/mol. The first-order valence-corrected chi connectivity index (χ1v) is 7.35. The number of pyridine rings is 1. The third kappa shape index (κ3) is 2.67. The van der Waals surface area contributed by atoms with Crippen LogP contribution in [0.2, 0.25) is 0 Å². The van der Waals surface area contributed by atoms with Gasteiger partial charge in [0.1, 0.15) is 0 Å². The molecule has 0 aliphatic rings. The lowest BCUT2D eigenvalue weighted by molar-refractivity contribution is 1.24. The van der Waals surface area contributed by atoms with Crippen LogP contribution < -0.4 is 4.90 Å². The molecule has 3 heteroatoms. The van der Waals surface area contributed by atoms with Gasteiger partial charge in [-0.1, -0.05) is 30.3 Å². The van der Waals surface area contributed by atoms with Gasteiger partial charge in [0.2, 0.25) is 0 Å². The van der Waals surface area contributed by atoms with Crippen molar-refractivity contribution in [2.45, 2.75) is 0 Å². The molecular formula is C17H13IN2. The van der Waals surface area contributed by atoms with Crippen LogP contribution in [0, 0.1) is 3.57 Å². The predicted octanol–water partition coefficient (Wildman–Crippen LogP) is 5.16. The molecule has 0 spiro atoms. The number of rotatable bonds is 3. The number of halogens is 1. The highest BCUT2D eigenvalue weighted by Gasteiger charge is 2.13. The molecule has 0 N–H and O–H groups in total. The van der Waals surface area contributed by atoms with Crippen molar-refractivity contribution >= 4 is 39.7 Å². The minimum atomic E-state index is 0.404. The maximum Gasteiger partial charge on any atom is 0.0661 e. The van der Waals surface area contributed by atoms with Crippen LogP contribution in [0.1, 0.15) is 1.37 Å². The van der Waals surface area contributed by atoms with Gasteiger partial charge in [-0.2, -0.15) is 0 Å². The summed E-state index contributed by atoms with van der Waals surface area (Å²) in [6.07, 6.45) is 3.29. The Balaban J connectivity index is 2.22. The second-order valence-electron chi connectivity index (χ2n) is 4.25. The molecule has 2 aromatic carbocycles. The van der Waals surface area contributed by atoms with E-state index in [-0.39, 0.29) is 0 Å². The van der Waals surface area contributed by atoms with Crippen molar-refractivity contribution in [1.82, 2.24) is 4.98 Å². The van der Waals surface area contributed by atoms with E-state index in [4.69, 9.17) is 1.37 Å². The van der Waals surface area contributed by atoms with E-state index in [1.165, 1.54) is 0 Å². The molecule has 0 saturated heterocycles. The maximum absolute atomic E-state index is 8.16. The van der Waals surface area contributed by atoms with Gasteiger partial charge in [0.15, 0.2) is 0 Å². The minimum absolute atomic E-state index is 0.404. The third-order valence-corrected chi connectivity index (χ3v) is 3.87. The van der Waals surface area contributed by atoms with Crippen LogP contribution in [0.3, 0.4) is 0 Å². The lowest BCUT2D eigenvalue weighted by Gasteiger charge is -2.26. The van der Waals surface area contributed by atoms with Gasteiger partial charge in [0, 0.05) is 27.3 Å². The Bertz CT molecular complexity index is 701. The second-order valence-corrected chi connectivity index (χ2v) is 5.41. The van der Waals surface area contributed by atoms with Crippen LogP contribution in [0.5, 0.6) is 0 Å². The minimum Gasteiger partial charge on any atom is -0.309 e. The number of hydrogen-bond acceptors (Lipinski definition) is 2. The zero-order valence-electron chi connectivity index (χ0n) is 11.7. The molecule has 0 saturated carbocycles.